The van der Waals surface area contributed by atoms with Crippen LogP contribution < -0.4 is 0 Å². The Kier molecular flexibility index (Phi) is 3.63. The maximum atomic E-state index is 4.77. The second kappa shape index (κ2) is 5.93. The molecule has 0 unspecified atom stereocenters. The van der Waals surface area contributed by atoms with Crippen molar-refractivity contribution in [1.82, 2.24) is 24.8 Å². The molecule has 5 nitrogen and oxygen atoms in total. The summed E-state index contributed by atoms with van der Waals surface area (Å²) in [4.78, 5) is 19.3. The Bertz CT molecular complexity index is 809. The van der Waals surface area contributed by atoms with Crippen molar-refractivity contribution in [3.63, 3.8) is 0 Å². The van der Waals surface area contributed by atoms with Gasteiger partial charge in [0, 0.05) is 55.3 Å². The Morgan fingerprint density at radius 1 is 1.13 bits per heavy atom. The van der Waals surface area contributed by atoms with Crippen molar-refractivity contribution in [1.29, 1.82) is 0 Å². The SMILES string of the molecule is Cc1ncc(CN2CCc3nc(-c4ccccc4)ncc3C2)[nH]1. The van der Waals surface area contributed by atoms with Crippen LogP contribution in [0, 0.1) is 6.92 Å². The number of hydrogen-bond donors (Lipinski definition) is 1. The van der Waals surface area contributed by atoms with E-state index in [9.17, 15) is 0 Å². The van der Waals surface area contributed by atoms with Gasteiger partial charge in [-0.2, -0.15) is 0 Å². The first-order chi connectivity index (χ1) is 11.3. The van der Waals surface area contributed by atoms with Gasteiger partial charge in [-0.1, -0.05) is 30.3 Å². The van der Waals surface area contributed by atoms with E-state index in [2.05, 4.69) is 32.0 Å². The van der Waals surface area contributed by atoms with E-state index in [1.54, 1.807) is 0 Å². The van der Waals surface area contributed by atoms with Crippen LogP contribution in [-0.4, -0.2) is 31.4 Å². The number of rotatable bonds is 3. The lowest BCUT2D eigenvalue weighted by Crippen LogP contribution is -2.31. The van der Waals surface area contributed by atoms with Gasteiger partial charge in [0.1, 0.15) is 5.82 Å². The third-order valence-corrected chi connectivity index (χ3v) is 4.19. The van der Waals surface area contributed by atoms with Gasteiger partial charge in [-0.3, -0.25) is 4.90 Å². The van der Waals surface area contributed by atoms with E-state index in [1.807, 2.05) is 37.5 Å². The smallest absolute Gasteiger partial charge is 0.159 e. The molecule has 4 rings (SSSR count). The summed E-state index contributed by atoms with van der Waals surface area (Å²) in [6.45, 7) is 4.77. The number of hydrogen-bond acceptors (Lipinski definition) is 4. The van der Waals surface area contributed by atoms with Crippen LogP contribution in [0.5, 0.6) is 0 Å². The van der Waals surface area contributed by atoms with Crippen LogP contribution >= 0.6 is 0 Å². The molecule has 1 N–H and O–H groups in total. The normalized spacial score (nSPS) is 14.7. The number of aromatic nitrogens is 4. The van der Waals surface area contributed by atoms with Gasteiger partial charge in [0.15, 0.2) is 5.82 Å². The molecule has 0 atom stereocenters. The summed E-state index contributed by atoms with van der Waals surface area (Å²) < 4.78 is 0. The predicted octanol–water partition coefficient (Wildman–Crippen LogP) is 2.73. The Morgan fingerprint density at radius 3 is 2.78 bits per heavy atom. The van der Waals surface area contributed by atoms with Gasteiger partial charge in [0.2, 0.25) is 0 Å². The maximum absolute atomic E-state index is 4.77. The monoisotopic (exact) mass is 305 g/mol. The summed E-state index contributed by atoms with van der Waals surface area (Å²) in [5.74, 6) is 1.79. The summed E-state index contributed by atoms with van der Waals surface area (Å²) in [6, 6.07) is 10.2. The first-order valence-corrected chi connectivity index (χ1v) is 7.91. The Balaban J connectivity index is 1.52. The number of nitrogens with one attached hydrogen (secondary N) is 1. The van der Waals surface area contributed by atoms with Gasteiger partial charge in [0.05, 0.1) is 5.69 Å². The van der Waals surface area contributed by atoms with Crippen molar-refractivity contribution in [3.8, 4) is 11.4 Å². The van der Waals surface area contributed by atoms with Crippen LogP contribution in [0.4, 0.5) is 0 Å². The molecule has 0 bridgehead atoms. The summed E-state index contributed by atoms with van der Waals surface area (Å²) in [5.41, 5.74) is 4.64. The molecule has 3 aromatic rings. The number of imidazole rings is 1. The molecule has 0 saturated heterocycles. The van der Waals surface area contributed by atoms with E-state index in [1.165, 1.54) is 11.3 Å². The highest BCUT2D eigenvalue weighted by molar-refractivity contribution is 5.54. The minimum atomic E-state index is 0.821. The van der Waals surface area contributed by atoms with E-state index in [4.69, 9.17) is 4.98 Å². The summed E-state index contributed by atoms with van der Waals surface area (Å²) in [7, 11) is 0. The quantitative estimate of drug-likeness (QED) is 0.808. The lowest BCUT2D eigenvalue weighted by atomic mass is 10.1. The van der Waals surface area contributed by atoms with Crippen LogP contribution in [0.1, 0.15) is 22.8 Å². The maximum Gasteiger partial charge on any atom is 0.159 e. The lowest BCUT2D eigenvalue weighted by Gasteiger charge is -2.27. The molecule has 1 aliphatic rings. The highest BCUT2D eigenvalue weighted by atomic mass is 15.1. The van der Waals surface area contributed by atoms with E-state index >= 15 is 0 Å². The van der Waals surface area contributed by atoms with Gasteiger partial charge >= 0.3 is 0 Å². The fourth-order valence-electron chi connectivity index (χ4n) is 3.03. The summed E-state index contributed by atoms with van der Waals surface area (Å²) in [6.07, 6.45) is 4.86. The second-order valence-electron chi connectivity index (χ2n) is 5.99. The average Bonchev–Trinajstić information content (AvgIpc) is 3.00. The molecule has 0 aliphatic carbocycles. The Labute approximate surface area is 135 Å². The number of fused-ring (bicyclic) bond motifs is 1. The van der Waals surface area contributed by atoms with Crippen molar-refractivity contribution in [2.24, 2.45) is 0 Å². The van der Waals surface area contributed by atoms with Crippen molar-refractivity contribution in [2.45, 2.75) is 26.4 Å². The van der Waals surface area contributed by atoms with Crippen molar-refractivity contribution < 1.29 is 0 Å². The molecule has 0 fully saturated rings. The lowest BCUT2D eigenvalue weighted by molar-refractivity contribution is 0.240. The zero-order valence-corrected chi connectivity index (χ0v) is 13.2. The molecule has 2 aromatic heterocycles. The standard InChI is InChI=1S/C18H19N5/c1-13-19-10-16(21-13)12-23-8-7-17-15(11-23)9-20-18(22-17)14-5-3-2-4-6-14/h2-6,9-10H,7-8,11-12H2,1H3,(H,19,21). The van der Waals surface area contributed by atoms with Crippen LogP contribution in [0.25, 0.3) is 11.4 Å². The first kappa shape index (κ1) is 14.1. The van der Waals surface area contributed by atoms with Gasteiger partial charge in [-0.05, 0) is 6.92 Å². The minimum absolute atomic E-state index is 0.821. The van der Waals surface area contributed by atoms with Gasteiger partial charge in [-0.25, -0.2) is 15.0 Å². The van der Waals surface area contributed by atoms with E-state index in [-0.39, 0.29) is 0 Å². The van der Waals surface area contributed by atoms with E-state index < -0.39 is 0 Å². The molecule has 116 valence electrons. The minimum Gasteiger partial charge on any atom is -0.345 e. The molecule has 0 amide bonds. The third kappa shape index (κ3) is 3.00. The van der Waals surface area contributed by atoms with E-state index in [0.717, 1.165) is 49.0 Å². The number of H-pyrrole nitrogens is 1. The van der Waals surface area contributed by atoms with Crippen molar-refractivity contribution in [2.75, 3.05) is 6.54 Å². The third-order valence-electron chi connectivity index (χ3n) is 4.19. The zero-order valence-electron chi connectivity index (χ0n) is 13.2. The predicted molar refractivity (Wildman–Crippen MR) is 88.6 cm³/mol. The molecule has 0 spiro atoms. The number of benzene rings is 1. The number of aromatic amines is 1. The molecule has 0 saturated carbocycles. The molecule has 3 heterocycles. The molecule has 23 heavy (non-hydrogen) atoms. The second-order valence-corrected chi connectivity index (χ2v) is 5.99. The highest BCUT2D eigenvalue weighted by Crippen LogP contribution is 2.21. The van der Waals surface area contributed by atoms with Crippen LogP contribution in [-0.2, 0) is 19.5 Å². The molecular formula is C18H19N5. The van der Waals surface area contributed by atoms with Crippen LogP contribution in [0.3, 0.4) is 0 Å². The zero-order chi connectivity index (χ0) is 15.6. The highest BCUT2D eigenvalue weighted by Gasteiger charge is 2.19. The van der Waals surface area contributed by atoms with Crippen molar-refractivity contribution in [3.05, 3.63) is 65.5 Å². The molecule has 0 radical (unpaired) electrons. The molecule has 5 heteroatoms. The van der Waals surface area contributed by atoms with Crippen molar-refractivity contribution >= 4 is 0 Å². The number of aryl methyl sites for hydroxylation is 1. The number of nitrogens with zero attached hydrogens (tertiary/aromatic N) is 4. The topological polar surface area (TPSA) is 57.7 Å². The van der Waals surface area contributed by atoms with Gasteiger partial charge < -0.3 is 4.98 Å². The molecule has 1 aliphatic heterocycles. The Morgan fingerprint density at radius 2 is 2.00 bits per heavy atom. The van der Waals surface area contributed by atoms with Gasteiger partial charge in [-0.15, -0.1) is 0 Å². The fraction of sp³-hybridized carbons (Fsp3) is 0.278. The van der Waals surface area contributed by atoms with Crippen LogP contribution in [0.15, 0.2) is 42.7 Å². The fourth-order valence-corrected chi connectivity index (χ4v) is 3.03. The first-order valence-electron chi connectivity index (χ1n) is 7.91. The molecule has 1 aromatic carbocycles. The molecular weight excluding hydrogens is 286 g/mol. The van der Waals surface area contributed by atoms with Crippen LogP contribution in [0.2, 0.25) is 0 Å². The average molecular weight is 305 g/mol. The van der Waals surface area contributed by atoms with E-state index in [0.29, 0.717) is 0 Å². The largest absolute Gasteiger partial charge is 0.345 e. The van der Waals surface area contributed by atoms with Gasteiger partial charge in [0.25, 0.3) is 0 Å². The summed E-state index contributed by atoms with van der Waals surface area (Å²) in [5, 5.41) is 0. The Hall–Kier alpha value is -2.53. The summed E-state index contributed by atoms with van der Waals surface area (Å²) >= 11 is 0.